The standard InChI is InChI=1S/C14H11FN4O3/c1-7-5-11(18-22-7)16-14(21)12-13(20)9-6-8(15)3-4-10(9)19(2)17-12/h3-6H,1-2H3,(H,16,18,21). The van der Waals surface area contributed by atoms with Gasteiger partial charge in [0.2, 0.25) is 5.43 Å². The van der Waals surface area contributed by atoms with Crippen molar-refractivity contribution in [1.82, 2.24) is 14.9 Å². The fourth-order valence-corrected chi connectivity index (χ4v) is 2.10. The molecule has 3 aromatic rings. The van der Waals surface area contributed by atoms with Gasteiger partial charge in [-0.15, -0.1) is 0 Å². The molecule has 0 bridgehead atoms. The van der Waals surface area contributed by atoms with Crippen molar-refractivity contribution in [2.24, 2.45) is 7.05 Å². The Kier molecular flexibility index (Phi) is 3.21. The highest BCUT2D eigenvalue weighted by Gasteiger charge is 2.18. The minimum atomic E-state index is -0.736. The van der Waals surface area contributed by atoms with Gasteiger partial charge in [0.1, 0.15) is 11.6 Å². The Bertz CT molecular complexity index is 945. The number of rotatable bonds is 2. The van der Waals surface area contributed by atoms with Crippen LogP contribution in [0, 0.1) is 12.7 Å². The van der Waals surface area contributed by atoms with E-state index >= 15 is 0 Å². The van der Waals surface area contributed by atoms with Gasteiger partial charge in [-0.05, 0) is 25.1 Å². The maximum atomic E-state index is 13.3. The van der Waals surface area contributed by atoms with Gasteiger partial charge in [0.05, 0.1) is 10.9 Å². The second-order valence-electron chi connectivity index (χ2n) is 4.74. The third-order valence-electron chi connectivity index (χ3n) is 3.10. The number of aromatic nitrogens is 3. The quantitative estimate of drug-likeness (QED) is 0.777. The molecule has 1 aromatic carbocycles. The first-order valence-corrected chi connectivity index (χ1v) is 6.37. The van der Waals surface area contributed by atoms with Gasteiger partial charge < -0.3 is 9.84 Å². The van der Waals surface area contributed by atoms with Crippen molar-refractivity contribution in [1.29, 1.82) is 0 Å². The molecule has 0 aliphatic heterocycles. The average molecular weight is 302 g/mol. The summed E-state index contributed by atoms with van der Waals surface area (Å²) in [5.74, 6) is -0.614. The molecule has 112 valence electrons. The van der Waals surface area contributed by atoms with Crippen LogP contribution in [0.4, 0.5) is 10.2 Å². The van der Waals surface area contributed by atoms with Crippen molar-refractivity contribution in [2.75, 3.05) is 5.32 Å². The predicted molar refractivity (Wildman–Crippen MR) is 76.1 cm³/mol. The second-order valence-corrected chi connectivity index (χ2v) is 4.74. The Balaban J connectivity index is 2.09. The molecule has 0 fully saturated rings. The van der Waals surface area contributed by atoms with Crippen LogP contribution in [0.2, 0.25) is 0 Å². The number of hydrogen-bond donors (Lipinski definition) is 1. The highest BCUT2D eigenvalue weighted by molar-refractivity contribution is 6.03. The van der Waals surface area contributed by atoms with Gasteiger partial charge in [-0.2, -0.15) is 5.10 Å². The highest BCUT2D eigenvalue weighted by atomic mass is 19.1. The molecule has 0 saturated heterocycles. The summed E-state index contributed by atoms with van der Waals surface area (Å²) in [6.07, 6.45) is 0. The molecule has 1 amide bonds. The molecule has 0 aliphatic rings. The summed E-state index contributed by atoms with van der Waals surface area (Å²) < 4.78 is 19.5. The maximum absolute atomic E-state index is 13.3. The van der Waals surface area contributed by atoms with E-state index in [9.17, 15) is 14.0 Å². The van der Waals surface area contributed by atoms with E-state index in [0.717, 1.165) is 6.07 Å². The Labute approximate surface area is 123 Å². The van der Waals surface area contributed by atoms with Gasteiger partial charge in [0.25, 0.3) is 5.91 Å². The normalized spacial score (nSPS) is 10.9. The number of halogens is 1. The van der Waals surface area contributed by atoms with Crippen LogP contribution >= 0.6 is 0 Å². The molecule has 8 heteroatoms. The fraction of sp³-hybridized carbons (Fsp3) is 0.143. The van der Waals surface area contributed by atoms with Crippen LogP contribution in [0.1, 0.15) is 16.2 Å². The van der Waals surface area contributed by atoms with E-state index in [0.29, 0.717) is 11.3 Å². The lowest BCUT2D eigenvalue weighted by molar-refractivity contribution is 0.101. The van der Waals surface area contributed by atoms with Gasteiger partial charge in [-0.25, -0.2) is 4.39 Å². The molecule has 22 heavy (non-hydrogen) atoms. The summed E-state index contributed by atoms with van der Waals surface area (Å²) in [6.45, 7) is 1.67. The third-order valence-corrected chi connectivity index (χ3v) is 3.10. The monoisotopic (exact) mass is 302 g/mol. The molecule has 0 atom stereocenters. The lowest BCUT2D eigenvalue weighted by Gasteiger charge is -2.07. The number of carbonyl (C=O) groups is 1. The summed E-state index contributed by atoms with van der Waals surface area (Å²) in [4.78, 5) is 24.5. The lowest BCUT2D eigenvalue weighted by atomic mass is 10.2. The largest absolute Gasteiger partial charge is 0.360 e. The first kappa shape index (κ1) is 13.9. The molecular weight excluding hydrogens is 291 g/mol. The molecule has 2 heterocycles. The van der Waals surface area contributed by atoms with E-state index < -0.39 is 17.2 Å². The van der Waals surface area contributed by atoms with Gasteiger partial charge in [0, 0.05) is 13.1 Å². The smallest absolute Gasteiger partial charge is 0.281 e. The highest BCUT2D eigenvalue weighted by Crippen LogP contribution is 2.12. The number of benzene rings is 1. The molecule has 0 saturated carbocycles. The number of amides is 1. The van der Waals surface area contributed by atoms with Crippen LogP contribution in [0.25, 0.3) is 10.9 Å². The molecule has 0 radical (unpaired) electrons. The van der Waals surface area contributed by atoms with E-state index in [1.54, 1.807) is 14.0 Å². The summed E-state index contributed by atoms with van der Waals surface area (Å²) >= 11 is 0. The zero-order valence-corrected chi connectivity index (χ0v) is 11.8. The van der Waals surface area contributed by atoms with Crippen LogP contribution in [-0.2, 0) is 7.05 Å². The summed E-state index contributed by atoms with van der Waals surface area (Å²) in [5, 5.41) is 10.0. The topological polar surface area (TPSA) is 90.0 Å². The summed E-state index contributed by atoms with van der Waals surface area (Å²) in [6, 6.07) is 5.24. The van der Waals surface area contributed by atoms with E-state index in [1.165, 1.54) is 22.9 Å². The van der Waals surface area contributed by atoms with E-state index in [-0.39, 0.29) is 16.9 Å². The van der Waals surface area contributed by atoms with E-state index in [2.05, 4.69) is 15.6 Å². The Morgan fingerprint density at radius 1 is 1.36 bits per heavy atom. The molecule has 7 nitrogen and oxygen atoms in total. The number of hydrogen-bond acceptors (Lipinski definition) is 5. The van der Waals surface area contributed by atoms with Crippen LogP contribution in [0.3, 0.4) is 0 Å². The molecule has 0 spiro atoms. The Hall–Kier alpha value is -3.03. The zero-order chi connectivity index (χ0) is 15.9. The maximum Gasteiger partial charge on any atom is 0.281 e. The van der Waals surface area contributed by atoms with Crippen molar-refractivity contribution >= 4 is 22.6 Å². The molecular formula is C14H11FN4O3. The van der Waals surface area contributed by atoms with Gasteiger partial charge in [0.15, 0.2) is 11.5 Å². The SMILES string of the molecule is Cc1cc(NC(=O)c2nn(C)c3ccc(F)cc3c2=O)no1. The lowest BCUT2D eigenvalue weighted by Crippen LogP contribution is -2.26. The average Bonchev–Trinajstić information content (AvgIpc) is 2.87. The van der Waals surface area contributed by atoms with Crippen LogP contribution in [0.5, 0.6) is 0 Å². The van der Waals surface area contributed by atoms with E-state index in [4.69, 9.17) is 4.52 Å². The Morgan fingerprint density at radius 3 is 2.82 bits per heavy atom. The second kappa shape index (κ2) is 5.06. The van der Waals surface area contributed by atoms with Crippen molar-refractivity contribution < 1.29 is 13.7 Å². The summed E-state index contributed by atoms with van der Waals surface area (Å²) in [7, 11) is 1.57. The van der Waals surface area contributed by atoms with Crippen LogP contribution in [-0.4, -0.2) is 20.8 Å². The van der Waals surface area contributed by atoms with E-state index in [1.807, 2.05) is 0 Å². The number of aryl methyl sites for hydroxylation is 2. The van der Waals surface area contributed by atoms with Crippen LogP contribution < -0.4 is 10.7 Å². The number of carbonyl (C=O) groups excluding carboxylic acids is 1. The minimum Gasteiger partial charge on any atom is -0.360 e. The van der Waals surface area contributed by atoms with Crippen molar-refractivity contribution in [2.45, 2.75) is 6.92 Å². The number of anilines is 1. The third kappa shape index (κ3) is 2.34. The van der Waals surface area contributed by atoms with Gasteiger partial charge >= 0.3 is 0 Å². The number of fused-ring (bicyclic) bond motifs is 1. The molecule has 0 aliphatic carbocycles. The molecule has 0 unspecified atom stereocenters. The first-order valence-electron chi connectivity index (χ1n) is 6.37. The van der Waals surface area contributed by atoms with Crippen LogP contribution in [0.15, 0.2) is 33.6 Å². The zero-order valence-electron chi connectivity index (χ0n) is 11.8. The van der Waals surface area contributed by atoms with Gasteiger partial charge in [-0.1, -0.05) is 5.16 Å². The fourth-order valence-electron chi connectivity index (χ4n) is 2.10. The first-order chi connectivity index (χ1) is 10.5. The van der Waals surface area contributed by atoms with Crippen molar-refractivity contribution in [3.8, 4) is 0 Å². The summed E-state index contributed by atoms with van der Waals surface area (Å²) in [5.41, 5.74) is -0.563. The minimum absolute atomic E-state index is 0.0824. The number of nitrogens with one attached hydrogen (secondary N) is 1. The molecule has 2 aromatic heterocycles. The van der Waals surface area contributed by atoms with Gasteiger partial charge in [-0.3, -0.25) is 14.3 Å². The Morgan fingerprint density at radius 2 is 2.14 bits per heavy atom. The molecule has 3 rings (SSSR count). The van der Waals surface area contributed by atoms with Crippen molar-refractivity contribution in [3.63, 3.8) is 0 Å². The molecule has 1 N–H and O–H groups in total. The van der Waals surface area contributed by atoms with Crippen molar-refractivity contribution in [3.05, 3.63) is 51.8 Å². The predicted octanol–water partition coefficient (Wildman–Crippen LogP) is 1.62. The number of nitrogens with zero attached hydrogens (tertiary/aromatic N) is 3.